The van der Waals surface area contributed by atoms with E-state index in [0.29, 0.717) is 0 Å². The number of ether oxygens (including phenoxy) is 1. The van der Waals surface area contributed by atoms with Crippen molar-refractivity contribution in [2.24, 2.45) is 11.3 Å². The molecule has 2 atom stereocenters. The number of aliphatic hydroxyl groups is 1. The lowest BCUT2D eigenvalue weighted by Gasteiger charge is -2.21. The van der Waals surface area contributed by atoms with E-state index >= 15 is 0 Å². The van der Waals surface area contributed by atoms with Crippen molar-refractivity contribution < 1.29 is 14.6 Å². The van der Waals surface area contributed by atoms with Crippen molar-refractivity contribution in [3.8, 4) is 0 Å². The van der Waals surface area contributed by atoms with Gasteiger partial charge in [0.15, 0.2) is 0 Å². The van der Waals surface area contributed by atoms with E-state index < -0.39 is 12.1 Å². The molecule has 1 N–H and O–H groups in total. The Morgan fingerprint density at radius 2 is 1.80 bits per heavy atom. The molecule has 114 valence electrons. The molecular formula is C17H28O3. The molecule has 0 aliphatic carbocycles. The maximum absolute atomic E-state index is 11.4. The van der Waals surface area contributed by atoms with Gasteiger partial charge in [-0.3, -0.25) is 0 Å². The number of carbonyl (C=O) groups is 1. The number of esters is 1. The minimum Gasteiger partial charge on any atom is -0.466 e. The number of carbonyl (C=O) groups excluding carboxylic acids is 1. The van der Waals surface area contributed by atoms with Gasteiger partial charge in [0.1, 0.15) is 0 Å². The van der Waals surface area contributed by atoms with Crippen LogP contribution in [-0.2, 0) is 9.53 Å². The van der Waals surface area contributed by atoms with Crippen molar-refractivity contribution in [2.45, 2.75) is 47.6 Å². The number of rotatable bonds is 5. The van der Waals surface area contributed by atoms with E-state index in [1.807, 2.05) is 19.9 Å². The monoisotopic (exact) mass is 280 g/mol. The summed E-state index contributed by atoms with van der Waals surface area (Å²) >= 11 is 0. The van der Waals surface area contributed by atoms with E-state index in [0.717, 1.165) is 11.1 Å². The molecule has 3 heteroatoms. The predicted octanol–water partition coefficient (Wildman–Crippen LogP) is 3.65. The van der Waals surface area contributed by atoms with Gasteiger partial charge in [0.25, 0.3) is 0 Å². The van der Waals surface area contributed by atoms with Gasteiger partial charge in [-0.2, -0.15) is 0 Å². The molecule has 20 heavy (non-hydrogen) atoms. The molecule has 0 radical (unpaired) electrons. The Labute approximate surface area is 123 Å². The lowest BCUT2D eigenvalue weighted by atomic mass is 9.89. The van der Waals surface area contributed by atoms with Crippen LogP contribution in [0, 0.1) is 11.3 Å². The van der Waals surface area contributed by atoms with Crippen molar-refractivity contribution in [3.05, 3.63) is 35.5 Å². The maximum Gasteiger partial charge on any atom is 0.333 e. The van der Waals surface area contributed by atoms with Gasteiger partial charge in [0, 0.05) is 11.5 Å². The number of hydrogen-bond donors (Lipinski definition) is 1. The Morgan fingerprint density at radius 1 is 1.30 bits per heavy atom. The third kappa shape index (κ3) is 6.20. The normalized spacial score (nSPS) is 16.6. The summed E-state index contributed by atoms with van der Waals surface area (Å²) in [5, 5.41) is 10.3. The fraction of sp³-hybridized carbons (Fsp3) is 0.588. The van der Waals surface area contributed by atoms with Crippen LogP contribution in [0.25, 0.3) is 0 Å². The molecule has 0 amide bonds. The summed E-state index contributed by atoms with van der Waals surface area (Å²) in [6.45, 7) is 15.7. The maximum atomic E-state index is 11.4. The van der Waals surface area contributed by atoms with E-state index in [4.69, 9.17) is 0 Å². The van der Waals surface area contributed by atoms with Gasteiger partial charge >= 0.3 is 5.97 Å². The second kappa shape index (κ2) is 7.44. The SMILES string of the molecule is C=C(C(=O)OC)[C@@H](C)[C@H](O)/C(C)=C/C(C)=C/C(C)(C)C. The van der Waals surface area contributed by atoms with E-state index in [1.165, 1.54) is 7.11 Å². The van der Waals surface area contributed by atoms with Gasteiger partial charge < -0.3 is 9.84 Å². The molecular weight excluding hydrogens is 252 g/mol. The van der Waals surface area contributed by atoms with Gasteiger partial charge in [-0.05, 0) is 24.8 Å². The average molecular weight is 280 g/mol. The minimum absolute atomic E-state index is 0.0903. The fourth-order valence-electron chi connectivity index (χ4n) is 2.07. The Bertz CT molecular complexity index is 422. The minimum atomic E-state index is -0.745. The Morgan fingerprint density at radius 3 is 2.20 bits per heavy atom. The highest BCUT2D eigenvalue weighted by Gasteiger charge is 2.23. The summed E-state index contributed by atoms with van der Waals surface area (Å²) < 4.78 is 4.63. The molecule has 0 fully saturated rings. The Balaban J connectivity index is 5.02. The summed E-state index contributed by atoms with van der Waals surface area (Å²) in [6.07, 6.45) is 3.34. The molecule has 0 aliphatic rings. The summed E-state index contributed by atoms with van der Waals surface area (Å²) in [7, 11) is 1.31. The van der Waals surface area contributed by atoms with Crippen molar-refractivity contribution in [1.29, 1.82) is 0 Å². The van der Waals surface area contributed by atoms with Gasteiger partial charge in [-0.1, -0.05) is 52.0 Å². The van der Waals surface area contributed by atoms with Crippen molar-refractivity contribution >= 4 is 5.97 Å². The Hall–Kier alpha value is -1.35. The third-order valence-electron chi connectivity index (χ3n) is 3.05. The van der Waals surface area contributed by atoms with E-state index in [1.54, 1.807) is 6.92 Å². The first-order chi connectivity index (χ1) is 8.99. The molecule has 0 aliphatic heterocycles. The molecule has 0 unspecified atom stereocenters. The van der Waals surface area contributed by atoms with Crippen LogP contribution < -0.4 is 0 Å². The number of aliphatic hydroxyl groups excluding tert-OH is 1. The molecule has 0 bridgehead atoms. The molecule has 3 nitrogen and oxygen atoms in total. The van der Waals surface area contributed by atoms with Crippen LogP contribution >= 0.6 is 0 Å². The van der Waals surface area contributed by atoms with Crippen LogP contribution in [0.15, 0.2) is 35.5 Å². The van der Waals surface area contributed by atoms with Crippen LogP contribution in [0.3, 0.4) is 0 Å². The summed E-state index contributed by atoms with van der Waals surface area (Å²) in [5.41, 5.74) is 2.27. The highest BCUT2D eigenvalue weighted by atomic mass is 16.5. The van der Waals surface area contributed by atoms with Crippen molar-refractivity contribution in [1.82, 2.24) is 0 Å². The van der Waals surface area contributed by atoms with E-state index in [9.17, 15) is 9.90 Å². The highest BCUT2D eigenvalue weighted by Crippen LogP contribution is 2.23. The number of methoxy groups -OCH3 is 1. The second-order valence-electron chi connectivity index (χ2n) is 6.39. The number of hydrogen-bond acceptors (Lipinski definition) is 3. The first-order valence-electron chi connectivity index (χ1n) is 6.82. The molecule has 0 rings (SSSR count). The Kier molecular flexibility index (Phi) is 6.94. The van der Waals surface area contributed by atoms with Crippen molar-refractivity contribution in [3.63, 3.8) is 0 Å². The van der Waals surface area contributed by atoms with Gasteiger partial charge in [-0.15, -0.1) is 0 Å². The van der Waals surface area contributed by atoms with Crippen LogP contribution in [0.4, 0.5) is 0 Å². The quantitative estimate of drug-likeness (QED) is 0.475. The summed E-state index contributed by atoms with van der Waals surface area (Å²) in [5.74, 6) is -0.854. The highest BCUT2D eigenvalue weighted by molar-refractivity contribution is 5.88. The molecule has 0 saturated carbocycles. The molecule has 0 heterocycles. The largest absolute Gasteiger partial charge is 0.466 e. The van der Waals surface area contributed by atoms with E-state index in [-0.39, 0.29) is 16.9 Å². The first kappa shape index (κ1) is 18.7. The van der Waals surface area contributed by atoms with Gasteiger partial charge in [0.2, 0.25) is 0 Å². The average Bonchev–Trinajstić information content (AvgIpc) is 2.32. The van der Waals surface area contributed by atoms with Crippen LogP contribution in [-0.4, -0.2) is 24.3 Å². The van der Waals surface area contributed by atoms with E-state index in [2.05, 4.69) is 38.2 Å². The third-order valence-corrected chi connectivity index (χ3v) is 3.05. The topological polar surface area (TPSA) is 46.5 Å². The zero-order valence-electron chi connectivity index (χ0n) is 13.8. The molecule has 0 aromatic heterocycles. The predicted molar refractivity (Wildman–Crippen MR) is 83.3 cm³/mol. The van der Waals surface area contributed by atoms with Crippen molar-refractivity contribution in [2.75, 3.05) is 7.11 Å². The second-order valence-corrected chi connectivity index (χ2v) is 6.39. The lowest BCUT2D eigenvalue weighted by molar-refractivity contribution is -0.137. The summed E-state index contributed by atoms with van der Waals surface area (Å²) in [6, 6.07) is 0. The standard InChI is InChI=1S/C17H28O3/c1-11(10-17(5,6)7)9-12(2)15(18)13(3)14(4)16(19)20-8/h9-10,13,15,18H,4H2,1-3,5-8H3/b11-10+,12-9+/t13-,15-/m1/s1. The lowest BCUT2D eigenvalue weighted by Crippen LogP contribution is -2.24. The zero-order valence-corrected chi connectivity index (χ0v) is 13.8. The van der Waals surface area contributed by atoms with Crippen LogP contribution in [0.5, 0.6) is 0 Å². The van der Waals surface area contributed by atoms with Gasteiger partial charge in [0.05, 0.1) is 13.2 Å². The van der Waals surface area contributed by atoms with Gasteiger partial charge in [-0.25, -0.2) is 4.79 Å². The van der Waals surface area contributed by atoms with Crippen LogP contribution in [0.1, 0.15) is 41.5 Å². The summed E-state index contributed by atoms with van der Waals surface area (Å²) in [4.78, 5) is 11.4. The molecule has 0 saturated heterocycles. The fourth-order valence-corrected chi connectivity index (χ4v) is 2.07. The smallest absolute Gasteiger partial charge is 0.333 e. The van der Waals surface area contributed by atoms with Crippen LogP contribution in [0.2, 0.25) is 0 Å². The first-order valence-corrected chi connectivity index (χ1v) is 6.82. The number of allylic oxidation sites excluding steroid dienone is 3. The molecule has 0 aromatic carbocycles. The zero-order chi connectivity index (χ0) is 16.1. The molecule has 0 aromatic rings. The molecule has 0 spiro atoms.